The van der Waals surface area contributed by atoms with Gasteiger partial charge in [0.05, 0.1) is 6.04 Å². The standard InChI is InChI=1S/C12H19N3OS/c1-7(2)15-10(16)5-4-9(13)11(15)12-14-8(3)6-17-12/h6-7,9,11H,4-5,13H2,1-3H3. The number of nitrogens with zero attached hydrogens (tertiary/aromatic N) is 2. The van der Waals surface area contributed by atoms with Crippen molar-refractivity contribution < 1.29 is 4.79 Å². The van der Waals surface area contributed by atoms with Gasteiger partial charge in [0.1, 0.15) is 5.01 Å². The number of rotatable bonds is 2. The van der Waals surface area contributed by atoms with E-state index in [1.54, 1.807) is 11.3 Å². The molecule has 1 amide bonds. The molecular formula is C12H19N3OS. The fourth-order valence-corrected chi connectivity index (χ4v) is 3.33. The summed E-state index contributed by atoms with van der Waals surface area (Å²) in [5, 5.41) is 2.98. The van der Waals surface area contributed by atoms with Crippen LogP contribution >= 0.6 is 11.3 Å². The van der Waals surface area contributed by atoms with Crippen molar-refractivity contribution >= 4 is 17.2 Å². The molecule has 2 unspecified atom stereocenters. The lowest BCUT2D eigenvalue weighted by atomic mass is 9.95. The minimum atomic E-state index is -0.0463. The highest BCUT2D eigenvalue weighted by Crippen LogP contribution is 2.34. The molecule has 0 radical (unpaired) electrons. The van der Waals surface area contributed by atoms with E-state index in [0.717, 1.165) is 17.1 Å². The van der Waals surface area contributed by atoms with E-state index in [1.807, 2.05) is 31.1 Å². The molecule has 2 N–H and O–H groups in total. The van der Waals surface area contributed by atoms with Gasteiger partial charge in [0.2, 0.25) is 5.91 Å². The minimum Gasteiger partial charge on any atom is -0.329 e. The van der Waals surface area contributed by atoms with Crippen LogP contribution in [0.5, 0.6) is 0 Å². The second-order valence-electron chi connectivity index (χ2n) is 4.87. The maximum atomic E-state index is 12.0. The lowest BCUT2D eigenvalue weighted by Crippen LogP contribution is -2.51. The summed E-state index contributed by atoms with van der Waals surface area (Å²) in [5.41, 5.74) is 7.18. The summed E-state index contributed by atoms with van der Waals surface area (Å²) in [6.45, 7) is 6.03. The first-order valence-corrected chi connectivity index (χ1v) is 6.87. The van der Waals surface area contributed by atoms with Crippen molar-refractivity contribution in [3.63, 3.8) is 0 Å². The Labute approximate surface area is 106 Å². The predicted molar refractivity (Wildman–Crippen MR) is 68.8 cm³/mol. The molecule has 94 valence electrons. The Bertz CT molecular complexity index is 416. The number of hydrogen-bond donors (Lipinski definition) is 1. The van der Waals surface area contributed by atoms with Gasteiger partial charge in [-0.1, -0.05) is 0 Å². The van der Waals surface area contributed by atoms with E-state index in [2.05, 4.69) is 4.98 Å². The molecule has 2 heterocycles. The Morgan fingerprint density at radius 1 is 1.59 bits per heavy atom. The van der Waals surface area contributed by atoms with Crippen molar-refractivity contribution in [1.82, 2.24) is 9.88 Å². The van der Waals surface area contributed by atoms with Crippen LogP contribution in [0, 0.1) is 6.92 Å². The van der Waals surface area contributed by atoms with Crippen LogP contribution in [0.2, 0.25) is 0 Å². The van der Waals surface area contributed by atoms with Crippen LogP contribution in [0.15, 0.2) is 5.38 Å². The number of piperidine rings is 1. The first kappa shape index (κ1) is 12.5. The van der Waals surface area contributed by atoms with Crippen LogP contribution in [-0.4, -0.2) is 27.9 Å². The first-order chi connectivity index (χ1) is 8.00. The van der Waals surface area contributed by atoms with Crippen molar-refractivity contribution in [2.45, 2.75) is 51.7 Å². The molecule has 0 aliphatic carbocycles. The van der Waals surface area contributed by atoms with E-state index in [1.165, 1.54) is 0 Å². The largest absolute Gasteiger partial charge is 0.329 e. The quantitative estimate of drug-likeness (QED) is 0.875. The summed E-state index contributed by atoms with van der Waals surface area (Å²) in [7, 11) is 0. The average Bonchev–Trinajstić information content (AvgIpc) is 2.67. The molecule has 4 nitrogen and oxygen atoms in total. The van der Waals surface area contributed by atoms with Crippen LogP contribution in [-0.2, 0) is 4.79 Å². The Hall–Kier alpha value is -0.940. The zero-order chi connectivity index (χ0) is 12.6. The molecular weight excluding hydrogens is 234 g/mol. The molecule has 0 saturated carbocycles. The second kappa shape index (κ2) is 4.74. The first-order valence-electron chi connectivity index (χ1n) is 5.99. The van der Waals surface area contributed by atoms with Gasteiger partial charge < -0.3 is 10.6 Å². The number of carbonyl (C=O) groups excluding carboxylic acids is 1. The third-order valence-corrected chi connectivity index (χ3v) is 4.16. The summed E-state index contributed by atoms with van der Waals surface area (Å²) < 4.78 is 0. The van der Waals surface area contributed by atoms with Crippen LogP contribution in [0.25, 0.3) is 0 Å². The third-order valence-electron chi connectivity index (χ3n) is 3.13. The van der Waals surface area contributed by atoms with Crippen molar-refractivity contribution in [3.05, 3.63) is 16.1 Å². The summed E-state index contributed by atoms with van der Waals surface area (Å²) in [4.78, 5) is 18.4. The highest BCUT2D eigenvalue weighted by atomic mass is 32.1. The average molecular weight is 253 g/mol. The molecule has 1 fully saturated rings. The summed E-state index contributed by atoms with van der Waals surface area (Å²) in [6.07, 6.45) is 1.31. The van der Waals surface area contributed by atoms with Crippen LogP contribution in [0.4, 0.5) is 0 Å². The number of likely N-dealkylation sites (tertiary alicyclic amines) is 1. The molecule has 1 aromatic rings. The Morgan fingerprint density at radius 3 is 2.82 bits per heavy atom. The Balaban J connectivity index is 2.35. The van der Waals surface area contributed by atoms with E-state index in [-0.39, 0.29) is 24.0 Å². The fraction of sp³-hybridized carbons (Fsp3) is 0.667. The number of hydrogen-bond acceptors (Lipinski definition) is 4. The lowest BCUT2D eigenvalue weighted by molar-refractivity contribution is -0.139. The number of carbonyl (C=O) groups is 1. The molecule has 5 heteroatoms. The van der Waals surface area contributed by atoms with Crippen molar-refractivity contribution in [1.29, 1.82) is 0 Å². The van der Waals surface area contributed by atoms with Gasteiger partial charge in [-0.25, -0.2) is 4.98 Å². The van der Waals surface area contributed by atoms with E-state index in [4.69, 9.17) is 5.73 Å². The highest BCUT2D eigenvalue weighted by molar-refractivity contribution is 7.09. The maximum Gasteiger partial charge on any atom is 0.223 e. The predicted octanol–water partition coefficient (Wildman–Crippen LogP) is 1.85. The highest BCUT2D eigenvalue weighted by Gasteiger charge is 2.37. The SMILES string of the molecule is Cc1csc(C2C(N)CCC(=O)N2C(C)C)n1. The number of amides is 1. The van der Waals surface area contributed by atoms with Crippen LogP contribution < -0.4 is 5.73 Å². The lowest BCUT2D eigenvalue weighted by Gasteiger charge is -2.41. The monoisotopic (exact) mass is 253 g/mol. The van der Waals surface area contributed by atoms with Gasteiger partial charge in [0.25, 0.3) is 0 Å². The molecule has 1 aliphatic rings. The van der Waals surface area contributed by atoms with Crippen LogP contribution in [0.1, 0.15) is 43.4 Å². The zero-order valence-electron chi connectivity index (χ0n) is 10.5. The molecule has 1 aromatic heterocycles. The van der Waals surface area contributed by atoms with Crippen molar-refractivity contribution in [2.75, 3.05) is 0 Å². The number of thiazole rings is 1. The van der Waals surface area contributed by atoms with Crippen molar-refractivity contribution in [3.8, 4) is 0 Å². The summed E-state index contributed by atoms with van der Waals surface area (Å²) in [5.74, 6) is 0.194. The maximum absolute atomic E-state index is 12.0. The molecule has 1 aliphatic heterocycles. The molecule has 2 atom stereocenters. The Kier molecular flexibility index (Phi) is 3.49. The molecule has 2 rings (SSSR count). The Morgan fingerprint density at radius 2 is 2.29 bits per heavy atom. The van der Waals surface area contributed by atoms with Gasteiger partial charge >= 0.3 is 0 Å². The topological polar surface area (TPSA) is 59.2 Å². The number of nitrogens with two attached hydrogens (primary N) is 1. The molecule has 0 aromatic carbocycles. The normalized spacial score (nSPS) is 25.7. The fourth-order valence-electron chi connectivity index (χ4n) is 2.36. The number of aromatic nitrogens is 1. The molecule has 17 heavy (non-hydrogen) atoms. The van der Waals surface area contributed by atoms with Gasteiger partial charge in [0, 0.05) is 29.6 Å². The minimum absolute atomic E-state index is 0.000602. The molecule has 1 saturated heterocycles. The number of aryl methyl sites for hydroxylation is 1. The van der Waals surface area contributed by atoms with E-state index >= 15 is 0 Å². The summed E-state index contributed by atoms with van der Waals surface area (Å²) in [6, 6.07) is 0.124. The van der Waals surface area contributed by atoms with Crippen molar-refractivity contribution in [2.24, 2.45) is 5.73 Å². The molecule has 0 spiro atoms. The van der Waals surface area contributed by atoms with E-state index in [0.29, 0.717) is 6.42 Å². The summed E-state index contributed by atoms with van der Waals surface area (Å²) >= 11 is 1.60. The van der Waals surface area contributed by atoms with Gasteiger partial charge in [-0.3, -0.25) is 4.79 Å². The second-order valence-corrected chi connectivity index (χ2v) is 5.76. The van der Waals surface area contributed by atoms with Crippen LogP contribution in [0.3, 0.4) is 0 Å². The van der Waals surface area contributed by atoms with E-state index < -0.39 is 0 Å². The third kappa shape index (κ3) is 2.35. The smallest absolute Gasteiger partial charge is 0.223 e. The van der Waals surface area contributed by atoms with Gasteiger partial charge in [-0.2, -0.15) is 0 Å². The molecule has 0 bridgehead atoms. The van der Waals surface area contributed by atoms with Gasteiger partial charge in [-0.05, 0) is 27.2 Å². The zero-order valence-corrected chi connectivity index (χ0v) is 11.3. The van der Waals surface area contributed by atoms with Gasteiger partial charge in [-0.15, -0.1) is 11.3 Å². The van der Waals surface area contributed by atoms with E-state index in [9.17, 15) is 4.79 Å². The van der Waals surface area contributed by atoms with Gasteiger partial charge in [0.15, 0.2) is 0 Å².